The highest BCUT2D eigenvalue weighted by molar-refractivity contribution is 6.28. The molecule has 196 valence electrons. The number of fused-ring (bicyclic) bond motifs is 8. The van der Waals surface area contributed by atoms with E-state index >= 15 is 0 Å². The Morgan fingerprint density at radius 3 is 1.81 bits per heavy atom. The molecule has 0 bridgehead atoms. The Morgan fingerprint density at radius 1 is 0.476 bits per heavy atom. The van der Waals surface area contributed by atoms with Crippen molar-refractivity contribution >= 4 is 54.5 Å². The molecule has 0 aliphatic rings. The van der Waals surface area contributed by atoms with Crippen molar-refractivity contribution in [3.05, 3.63) is 146 Å². The molecule has 0 aliphatic heterocycles. The Morgan fingerprint density at radius 2 is 1.10 bits per heavy atom. The predicted molar refractivity (Wildman–Crippen MR) is 174 cm³/mol. The Hall–Kier alpha value is -5.67. The molecule has 2 aromatic heterocycles. The minimum Gasteiger partial charge on any atom is -0.436 e. The molecule has 9 rings (SSSR count). The van der Waals surface area contributed by atoms with Gasteiger partial charge in [-0.25, -0.2) is 4.98 Å². The topological polar surface area (TPSA) is 31.0 Å². The van der Waals surface area contributed by atoms with Crippen LogP contribution in [0.4, 0.5) is 0 Å². The normalized spacial score (nSPS) is 11.8. The highest BCUT2D eigenvalue weighted by Gasteiger charge is 2.18. The van der Waals surface area contributed by atoms with Crippen molar-refractivity contribution in [3.8, 4) is 28.3 Å². The lowest BCUT2D eigenvalue weighted by atomic mass is 10.00. The highest BCUT2D eigenvalue weighted by Crippen LogP contribution is 2.41. The zero-order valence-corrected chi connectivity index (χ0v) is 22.7. The molecule has 2 heterocycles. The molecule has 0 saturated heterocycles. The number of rotatable bonds is 3. The van der Waals surface area contributed by atoms with Gasteiger partial charge in [0.25, 0.3) is 0 Å². The van der Waals surface area contributed by atoms with Gasteiger partial charge in [0.05, 0.1) is 16.7 Å². The molecule has 0 N–H and O–H groups in total. The summed E-state index contributed by atoms with van der Waals surface area (Å²) < 4.78 is 8.79. The Labute approximate surface area is 241 Å². The van der Waals surface area contributed by atoms with Crippen LogP contribution in [0.3, 0.4) is 0 Å². The van der Waals surface area contributed by atoms with Crippen LogP contribution in [0.15, 0.2) is 150 Å². The molecule has 0 atom stereocenters. The van der Waals surface area contributed by atoms with Crippen LogP contribution in [-0.2, 0) is 0 Å². The third-order valence-electron chi connectivity index (χ3n) is 8.39. The number of hydrogen-bond acceptors (Lipinski definition) is 2. The van der Waals surface area contributed by atoms with E-state index in [1.165, 1.54) is 48.9 Å². The SMILES string of the molecule is c1ccc(-c2cccc(-c3nc4ccc(-n5c6ccc7ccccc7c6c6c7ccccc7ccc65)cc4o3)c2)cc1. The molecule has 0 saturated carbocycles. The van der Waals surface area contributed by atoms with E-state index in [0.717, 1.165) is 27.9 Å². The van der Waals surface area contributed by atoms with Crippen molar-refractivity contribution in [2.75, 3.05) is 0 Å². The summed E-state index contributed by atoms with van der Waals surface area (Å²) in [7, 11) is 0. The minimum absolute atomic E-state index is 0.624. The Balaban J connectivity index is 1.27. The van der Waals surface area contributed by atoms with Gasteiger partial charge in [0.15, 0.2) is 5.58 Å². The van der Waals surface area contributed by atoms with Crippen molar-refractivity contribution in [2.45, 2.75) is 0 Å². The van der Waals surface area contributed by atoms with E-state index in [-0.39, 0.29) is 0 Å². The van der Waals surface area contributed by atoms with Crippen LogP contribution < -0.4 is 0 Å². The van der Waals surface area contributed by atoms with Crippen LogP contribution >= 0.6 is 0 Å². The van der Waals surface area contributed by atoms with Gasteiger partial charge in [-0.1, -0.05) is 103 Å². The average Bonchev–Trinajstić information content (AvgIpc) is 3.64. The Kier molecular flexibility index (Phi) is 4.90. The summed E-state index contributed by atoms with van der Waals surface area (Å²) in [5.41, 5.74) is 8.28. The molecule has 0 amide bonds. The molecule has 0 radical (unpaired) electrons. The van der Waals surface area contributed by atoms with Crippen molar-refractivity contribution in [1.82, 2.24) is 9.55 Å². The van der Waals surface area contributed by atoms with Gasteiger partial charge in [-0.15, -0.1) is 0 Å². The first kappa shape index (κ1) is 23.1. The van der Waals surface area contributed by atoms with Crippen molar-refractivity contribution in [3.63, 3.8) is 0 Å². The van der Waals surface area contributed by atoms with Crippen LogP contribution in [0.2, 0.25) is 0 Å². The van der Waals surface area contributed by atoms with Gasteiger partial charge >= 0.3 is 0 Å². The summed E-state index contributed by atoms with van der Waals surface area (Å²) >= 11 is 0. The van der Waals surface area contributed by atoms with E-state index < -0.39 is 0 Å². The molecule has 9 aromatic rings. The molecule has 0 aliphatic carbocycles. The van der Waals surface area contributed by atoms with Gasteiger partial charge in [-0.2, -0.15) is 0 Å². The smallest absolute Gasteiger partial charge is 0.227 e. The van der Waals surface area contributed by atoms with Crippen LogP contribution in [0.1, 0.15) is 0 Å². The summed E-state index contributed by atoms with van der Waals surface area (Å²) in [4.78, 5) is 4.87. The maximum absolute atomic E-state index is 6.42. The largest absolute Gasteiger partial charge is 0.436 e. The van der Waals surface area contributed by atoms with Crippen molar-refractivity contribution in [2.24, 2.45) is 0 Å². The molecular formula is C39H24N2O. The molecule has 3 heteroatoms. The Bertz CT molecular complexity index is 2370. The molecule has 42 heavy (non-hydrogen) atoms. The molecular weight excluding hydrogens is 512 g/mol. The average molecular weight is 537 g/mol. The third kappa shape index (κ3) is 3.44. The first-order valence-corrected chi connectivity index (χ1v) is 14.2. The molecule has 7 aromatic carbocycles. The minimum atomic E-state index is 0.624. The fourth-order valence-corrected chi connectivity index (χ4v) is 6.46. The van der Waals surface area contributed by atoms with Crippen molar-refractivity contribution < 1.29 is 4.42 Å². The quantitative estimate of drug-likeness (QED) is 0.225. The first-order chi connectivity index (χ1) is 20.8. The van der Waals surface area contributed by atoms with Gasteiger partial charge in [0, 0.05) is 22.4 Å². The summed E-state index contributed by atoms with van der Waals surface area (Å²) in [5, 5.41) is 7.55. The van der Waals surface area contributed by atoms with Gasteiger partial charge in [-0.05, 0) is 69.1 Å². The molecule has 0 fully saturated rings. The van der Waals surface area contributed by atoms with E-state index in [1.54, 1.807) is 0 Å². The lowest BCUT2D eigenvalue weighted by molar-refractivity contribution is 0.619. The summed E-state index contributed by atoms with van der Waals surface area (Å²) in [6, 6.07) is 51.4. The van der Waals surface area contributed by atoms with Crippen LogP contribution in [0.25, 0.3) is 82.7 Å². The monoisotopic (exact) mass is 536 g/mol. The lowest BCUT2D eigenvalue weighted by Crippen LogP contribution is -1.93. The molecule has 0 spiro atoms. The first-order valence-electron chi connectivity index (χ1n) is 14.2. The number of nitrogens with zero attached hydrogens (tertiary/aromatic N) is 2. The van der Waals surface area contributed by atoms with Gasteiger partial charge < -0.3 is 8.98 Å². The fourth-order valence-electron chi connectivity index (χ4n) is 6.46. The maximum atomic E-state index is 6.42. The second-order valence-electron chi connectivity index (χ2n) is 10.8. The number of aromatic nitrogens is 2. The third-order valence-corrected chi connectivity index (χ3v) is 8.39. The van der Waals surface area contributed by atoms with E-state index in [9.17, 15) is 0 Å². The zero-order valence-electron chi connectivity index (χ0n) is 22.7. The number of hydrogen-bond donors (Lipinski definition) is 0. The fraction of sp³-hybridized carbons (Fsp3) is 0. The second-order valence-corrected chi connectivity index (χ2v) is 10.8. The van der Waals surface area contributed by atoms with Crippen LogP contribution in [0.5, 0.6) is 0 Å². The van der Waals surface area contributed by atoms with E-state index in [2.05, 4.69) is 144 Å². The van der Waals surface area contributed by atoms with Gasteiger partial charge in [0.2, 0.25) is 5.89 Å². The molecule has 0 unspecified atom stereocenters. The van der Waals surface area contributed by atoms with E-state index in [1.807, 2.05) is 6.07 Å². The van der Waals surface area contributed by atoms with E-state index in [4.69, 9.17) is 9.40 Å². The van der Waals surface area contributed by atoms with E-state index in [0.29, 0.717) is 5.89 Å². The zero-order chi connectivity index (χ0) is 27.6. The van der Waals surface area contributed by atoms with Gasteiger partial charge in [-0.3, -0.25) is 0 Å². The number of benzene rings is 7. The van der Waals surface area contributed by atoms with Crippen molar-refractivity contribution in [1.29, 1.82) is 0 Å². The summed E-state index contributed by atoms with van der Waals surface area (Å²) in [5.74, 6) is 0.624. The predicted octanol–water partition coefficient (Wildman–Crippen LogP) is 10.6. The maximum Gasteiger partial charge on any atom is 0.227 e. The highest BCUT2D eigenvalue weighted by atomic mass is 16.3. The van der Waals surface area contributed by atoms with Crippen LogP contribution in [-0.4, -0.2) is 9.55 Å². The van der Waals surface area contributed by atoms with Crippen LogP contribution in [0, 0.1) is 0 Å². The molecule has 3 nitrogen and oxygen atoms in total. The summed E-state index contributed by atoms with van der Waals surface area (Å²) in [6.07, 6.45) is 0. The second kappa shape index (κ2) is 8.92. The number of oxazole rings is 1. The van der Waals surface area contributed by atoms with Gasteiger partial charge in [0.1, 0.15) is 5.52 Å². The lowest BCUT2D eigenvalue weighted by Gasteiger charge is -2.08. The summed E-state index contributed by atoms with van der Waals surface area (Å²) in [6.45, 7) is 0. The standard InChI is InChI=1S/C39H24N2O/c1-2-9-25(10-3-1)28-13-8-14-29(23-28)39-40-33-20-19-30(24-36(33)42-39)41-34-21-17-26-11-4-6-15-31(26)37(34)38-32-16-7-5-12-27(32)18-22-35(38)41/h1-24H.